The first-order valence-electron chi connectivity index (χ1n) is 8.82. The second-order valence-electron chi connectivity index (χ2n) is 6.80. The molecule has 0 bridgehead atoms. The molecule has 142 valence electrons. The first-order valence-corrected chi connectivity index (χ1v) is 10.6. The summed E-state index contributed by atoms with van der Waals surface area (Å²) in [6, 6.07) is 12.4. The molecule has 0 aliphatic carbocycles. The minimum absolute atomic E-state index is 0.104. The third-order valence-corrected chi connectivity index (χ3v) is 7.42. The van der Waals surface area contributed by atoms with Crippen LogP contribution in [0.15, 0.2) is 47.4 Å². The molecule has 2 aliphatic heterocycles. The summed E-state index contributed by atoms with van der Waals surface area (Å²) >= 11 is 6.25. The maximum Gasteiger partial charge on any atom is 0.243 e. The second-order valence-corrected chi connectivity index (χ2v) is 9.15. The number of amides is 1. The highest BCUT2D eigenvalue weighted by molar-refractivity contribution is 7.89. The van der Waals surface area contributed by atoms with E-state index in [1.165, 1.54) is 4.31 Å². The average molecular weight is 406 g/mol. The number of carbonyl (C=O) groups excluding carboxylic acids is 1. The first-order chi connectivity index (χ1) is 12.9. The Hall–Kier alpha value is -2.09. The molecule has 0 radical (unpaired) electrons. The van der Waals surface area contributed by atoms with Gasteiger partial charge in [-0.15, -0.1) is 0 Å². The first kappa shape index (κ1) is 18.3. The summed E-state index contributed by atoms with van der Waals surface area (Å²) < 4.78 is 27.6. The molecule has 2 aromatic carbocycles. The number of carbonyl (C=O) groups is 1. The molecular weight excluding hydrogens is 386 g/mol. The third-order valence-electron chi connectivity index (χ3n) is 5.21. The molecule has 1 fully saturated rings. The molecule has 1 N–H and O–H groups in total. The fourth-order valence-corrected chi connectivity index (χ4v) is 5.30. The van der Waals surface area contributed by atoms with Crippen LogP contribution < -0.4 is 10.2 Å². The monoisotopic (exact) mass is 405 g/mol. The Morgan fingerprint density at radius 3 is 2.48 bits per heavy atom. The maximum atomic E-state index is 13.1. The summed E-state index contributed by atoms with van der Waals surface area (Å²) in [5.41, 5.74) is 2.35. The van der Waals surface area contributed by atoms with E-state index in [0.29, 0.717) is 36.9 Å². The third kappa shape index (κ3) is 3.20. The Labute approximate surface area is 163 Å². The molecule has 2 aliphatic rings. The van der Waals surface area contributed by atoms with E-state index in [4.69, 9.17) is 11.6 Å². The molecule has 2 heterocycles. The Balaban J connectivity index is 1.53. The molecule has 0 spiro atoms. The molecule has 0 unspecified atom stereocenters. The number of anilines is 2. The summed E-state index contributed by atoms with van der Waals surface area (Å²) in [6.45, 7) is 3.70. The minimum Gasteiger partial charge on any atom is -0.368 e. The second kappa shape index (κ2) is 6.82. The zero-order valence-electron chi connectivity index (χ0n) is 14.9. The van der Waals surface area contributed by atoms with Gasteiger partial charge in [-0.2, -0.15) is 4.31 Å². The van der Waals surface area contributed by atoms with Gasteiger partial charge in [0.05, 0.1) is 21.5 Å². The molecule has 4 rings (SSSR count). The lowest BCUT2D eigenvalue weighted by Crippen LogP contribution is -2.48. The Bertz CT molecular complexity index is 1000. The van der Waals surface area contributed by atoms with Crippen LogP contribution in [0.5, 0.6) is 0 Å². The van der Waals surface area contributed by atoms with Gasteiger partial charge in [-0.25, -0.2) is 8.42 Å². The number of halogens is 1. The summed E-state index contributed by atoms with van der Waals surface area (Å²) in [7, 11) is -3.61. The zero-order valence-corrected chi connectivity index (χ0v) is 16.4. The van der Waals surface area contributed by atoms with E-state index in [2.05, 4.69) is 10.2 Å². The fraction of sp³-hybridized carbons (Fsp3) is 0.316. The molecular formula is C19H20ClN3O3S. The summed E-state index contributed by atoms with van der Waals surface area (Å²) in [4.78, 5) is 14.1. The van der Waals surface area contributed by atoms with Crippen LogP contribution in [-0.4, -0.2) is 44.8 Å². The molecule has 1 atom stereocenters. The van der Waals surface area contributed by atoms with E-state index in [1.54, 1.807) is 25.1 Å². The summed E-state index contributed by atoms with van der Waals surface area (Å²) in [5.74, 6) is -0.444. The highest BCUT2D eigenvalue weighted by Crippen LogP contribution is 2.35. The minimum atomic E-state index is -3.61. The fourth-order valence-electron chi connectivity index (χ4n) is 3.58. The van der Waals surface area contributed by atoms with Crippen LogP contribution in [0, 0.1) is 0 Å². The Kier molecular flexibility index (Phi) is 4.61. The number of piperazine rings is 1. The lowest BCUT2D eigenvalue weighted by Gasteiger charge is -2.35. The van der Waals surface area contributed by atoms with Gasteiger partial charge in [0.1, 0.15) is 0 Å². The van der Waals surface area contributed by atoms with Crippen molar-refractivity contribution in [1.29, 1.82) is 0 Å². The summed E-state index contributed by atoms with van der Waals surface area (Å²) in [6.07, 6.45) is 0. The van der Waals surface area contributed by atoms with Gasteiger partial charge in [0, 0.05) is 31.9 Å². The van der Waals surface area contributed by atoms with Gasteiger partial charge in [0.2, 0.25) is 15.9 Å². The predicted molar refractivity (Wildman–Crippen MR) is 106 cm³/mol. The molecule has 1 saturated heterocycles. The molecule has 2 aromatic rings. The van der Waals surface area contributed by atoms with Gasteiger partial charge < -0.3 is 10.2 Å². The van der Waals surface area contributed by atoms with Crippen LogP contribution in [-0.2, 0) is 14.8 Å². The van der Waals surface area contributed by atoms with Gasteiger partial charge in [-0.1, -0.05) is 23.7 Å². The summed E-state index contributed by atoms with van der Waals surface area (Å²) in [5, 5.41) is 3.43. The van der Waals surface area contributed by atoms with Crippen molar-refractivity contribution in [3.63, 3.8) is 0 Å². The molecule has 8 heteroatoms. The van der Waals surface area contributed by atoms with E-state index < -0.39 is 10.0 Å². The number of hydrogen-bond acceptors (Lipinski definition) is 4. The standard InChI is InChI=1S/C19H20ClN3O3S/c1-13-15-12-14(6-7-17(15)21-19(13)24)27(25,26)23-10-8-22(9-11-23)18-5-3-2-4-16(18)20/h2-7,12-13H,8-11H2,1H3,(H,21,24)/t13-/m0/s1. The lowest BCUT2D eigenvalue weighted by atomic mass is 10.0. The van der Waals surface area contributed by atoms with Gasteiger partial charge >= 0.3 is 0 Å². The van der Waals surface area contributed by atoms with Gasteiger partial charge in [-0.3, -0.25) is 4.79 Å². The molecule has 27 heavy (non-hydrogen) atoms. The highest BCUT2D eigenvalue weighted by atomic mass is 35.5. The normalized spacial score (nSPS) is 20.4. The van der Waals surface area contributed by atoms with E-state index in [0.717, 1.165) is 11.3 Å². The largest absolute Gasteiger partial charge is 0.368 e. The van der Waals surface area contributed by atoms with Crippen LogP contribution in [0.3, 0.4) is 0 Å². The van der Waals surface area contributed by atoms with E-state index in [9.17, 15) is 13.2 Å². The van der Waals surface area contributed by atoms with Crippen LogP contribution in [0.2, 0.25) is 5.02 Å². The molecule has 1 amide bonds. The molecule has 0 aromatic heterocycles. The van der Waals surface area contributed by atoms with Crippen LogP contribution in [0.25, 0.3) is 0 Å². The van der Waals surface area contributed by atoms with Gasteiger partial charge in [0.15, 0.2) is 0 Å². The van der Waals surface area contributed by atoms with E-state index in [-0.39, 0.29) is 16.7 Å². The SMILES string of the molecule is C[C@@H]1C(=O)Nc2ccc(S(=O)(=O)N3CCN(c4ccccc4Cl)CC3)cc21. The van der Waals surface area contributed by atoms with Crippen molar-refractivity contribution in [1.82, 2.24) is 4.31 Å². The van der Waals surface area contributed by atoms with Crippen molar-refractivity contribution in [3.8, 4) is 0 Å². The molecule has 0 saturated carbocycles. The number of sulfonamides is 1. The van der Waals surface area contributed by atoms with Gasteiger partial charge in [-0.05, 0) is 42.8 Å². The Morgan fingerprint density at radius 2 is 1.78 bits per heavy atom. The van der Waals surface area contributed by atoms with Crippen LogP contribution in [0.1, 0.15) is 18.4 Å². The van der Waals surface area contributed by atoms with Crippen molar-refractivity contribution in [2.75, 3.05) is 36.4 Å². The quantitative estimate of drug-likeness (QED) is 0.852. The van der Waals surface area contributed by atoms with E-state index in [1.807, 2.05) is 24.3 Å². The maximum absolute atomic E-state index is 13.1. The smallest absolute Gasteiger partial charge is 0.243 e. The predicted octanol–water partition coefficient (Wildman–Crippen LogP) is 2.91. The van der Waals surface area contributed by atoms with Crippen molar-refractivity contribution in [3.05, 3.63) is 53.1 Å². The average Bonchev–Trinajstić information content (AvgIpc) is 2.96. The lowest BCUT2D eigenvalue weighted by molar-refractivity contribution is -0.116. The Morgan fingerprint density at radius 1 is 1.07 bits per heavy atom. The number of para-hydroxylation sites is 1. The number of hydrogen-bond donors (Lipinski definition) is 1. The van der Waals surface area contributed by atoms with Gasteiger partial charge in [0.25, 0.3) is 0 Å². The van der Waals surface area contributed by atoms with E-state index >= 15 is 0 Å². The number of nitrogens with zero attached hydrogens (tertiary/aromatic N) is 2. The van der Waals surface area contributed by atoms with Crippen molar-refractivity contribution in [2.24, 2.45) is 0 Å². The molecule has 6 nitrogen and oxygen atoms in total. The van der Waals surface area contributed by atoms with Crippen LogP contribution in [0.4, 0.5) is 11.4 Å². The number of fused-ring (bicyclic) bond motifs is 1. The van der Waals surface area contributed by atoms with Crippen molar-refractivity contribution in [2.45, 2.75) is 17.7 Å². The highest BCUT2D eigenvalue weighted by Gasteiger charge is 2.32. The number of rotatable bonds is 3. The zero-order chi connectivity index (χ0) is 19.2. The topological polar surface area (TPSA) is 69.7 Å². The van der Waals surface area contributed by atoms with Crippen LogP contribution >= 0.6 is 11.6 Å². The number of nitrogens with one attached hydrogen (secondary N) is 1. The van der Waals surface area contributed by atoms with Crippen molar-refractivity contribution < 1.29 is 13.2 Å². The van der Waals surface area contributed by atoms with Crippen molar-refractivity contribution >= 4 is 38.9 Å². The number of benzene rings is 2.